The topological polar surface area (TPSA) is 21.8 Å². The number of hydrogen-bond acceptors (Lipinski definition) is 2. The fourth-order valence-electron chi connectivity index (χ4n) is 2.96. The standard InChI is InChI=1S/C15H30O2/c1-7-8-9-13(10-16-6)14(3,4)11-15(5)12(2)17-15/h12-13H,7-11H2,1-6H3/t12?,13?,15-/m0/s1. The highest BCUT2D eigenvalue weighted by molar-refractivity contribution is 5.00. The van der Waals surface area contributed by atoms with Gasteiger partial charge in [-0.25, -0.2) is 0 Å². The average Bonchev–Trinajstić information content (AvgIpc) is 2.79. The molecule has 1 heterocycles. The van der Waals surface area contributed by atoms with Crippen LogP contribution < -0.4 is 0 Å². The fourth-order valence-corrected chi connectivity index (χ4v) is 2.96. The summed E-state index contributed by atoms with van der Waals surface area (Å²) in [6.45, 7) is 12.3. The molecule has 0 bridgehead atoms. The summed E-state index contributed by atoms with van der Waals surface area (Å²) in [6, 6.07) is 0. The lowest BCUT2D eigenvalue weighted by Gasteiger charge is -2.35. The van der Waals surface area contributed by atoms with E-state index < -0.39 is 0 Å². The van der Waals surface area contributed by atoms with Crippen molar-refractivity contribution in [1.82, 2.24) is 0 Å². The quantitative estimate of drug-likeness (QED) is 0.599. The Labute approximate surface area is 107 Å². The lowest BCUT2D eigenvalue weighted by atomic mass is 9.71. The second-order valence-electron chi connectivity index (χ2n) is 6.53. The molecule has 0 aromatic rings. The van der Waals surface area contributed by atoms with Gasteiger partial charge in [-0.15, -0.1) is 0 Å². The van der Waals surface area contributed by atoms with Gasteiger partial charge in [-0.2, -0.15) is 0 Å². The summed E-state index contributed by atoms with van der Waals surface area (Å²) in [4.78, 5) is 0. The molecule has 0 aromatic carbocycles. The predicted octanol–water partition coefficient (Wildman–Crippen LogP) is 4.03. The molecular weight excluding hydrogens is 212 g/mol. The molecule has 0 N–H and O–H groups in total. The first-order valence-electron chi connectivity index (χ1n) is 7.02. The van der Waals surface area contributed by atoms with Crippen LogP contribution in [-0.4, -0.2) is 25.4 Å². The maximum atomic E-state index is 5.73. The number of unbranched alkanes of at least 4 members (excludes halogenated alkanes) is 1. The Balaban J connectivity index is 2.56. The SMILES string of the molecule is CCCCC(COC)C(C)(C)C[C@]1(C)OC1C. The van der Waals surface area contributed by atoms with Gasteiger partial charge in [0, 0.05) is 13.7 Å². The van der Waals surface area contributed by atoms with Crippen LogP contribution >= 0.6 is 0 Å². The highest BCUT2D eigenvalue weighted by Crippen LogP contribution is 2.48. The number of hydrogen-bond donors (Lipinski definition) is 0. The van der Waals surface area contributed by atoms with Crippen LogP contribution in [0.1, 0.15) is 60.3 Å². The molecule has 3 atom stereocenters. The van der Waals surface area contributed by atoms with E-state index in [-0.39, 0.29) is 5.60 Å². The second-order valence-corrected chi connectivity index (χ2v) is 6.53. The molecule has 102 valence electrons. The predicted molar refractivity (Wildman–Crippen MR) is 72.2 cm³/mol. The van der Waals surface area contributed by atoms with Gasteiger partial charge in [0.25, 0.3) is 0 Å². The third-order valence-electron chi connectivity index (χ3n) is 4.43. The molecular formula is C15H30O2. The molecule has 0 aliphatic carbocycles. The molecule has 0 amide bonds. The third-order valence-corrected chi connectivity index (χ3v) is 4.43. The van der Waals surface area contributed by atoms with Crippen molar-refractivity contribution in [2.75, 3.05) is 13.7 Å². The summed E-state index contributed by atoms with van der Waals surface area (Å²) >= 11 is 0. The molecule has 1 aliphatic heterocycles. The normalized spacial score (nSPS) is 30.4. The van der Waals surface area contributed by atoms with E-state index in [0.717, 1.165) is 13.0 Å². The fraction of sp³-hybridized carbons (Fsp3) is 1.00. The van der Waals surface area contributed by atoms with E-state index in [4.69, 9.17) is 9.47 Å². The largest absolute Gasteiger partial charge is 0.384 e. The van der Waals surface area contributed by atoms with E-state index in [2.05, 4.69) is 34.6 Å². The highest BCUT2D eigenvalue weighted by Gasteiger charge is 2.52. The first-order valence-corrected chi connectivity index (χ1v) is 7.02. The van der Waals surface area contributed by atoms with Crippen LogP contribution in [0.25, 0.3) is 0 Å². The molecule has 2 heteroatoms. The zero-order valence-corrected chi connectivity index (χ0v) is 12.5. The van der Waals surface area contributed by atoms with Crippen molar-refractivity contribution >= 4 is 0 Å². The molecule has 2 nitrogen and oxygen atoms in total. The van der Waals surface area contributed by atoms with Crippen LogP contribution in [0.15, 0.2) is 0 Å². The monoisotopic (exact) mass is 242 g/mol. The molecule has 17 heavy (non-hydrogen) atoms. The van der Waals surface area contributed by atoms with Crippen molar-refractivity contribution in [3.8, 4) is 0 Å². The van der Waals surface area contributed by atoms with Gasteiger partial charge in [0.05, 0.1) is 11.7 Å². The molecule has 1 fully saturated rings. The summed E-state index contributed by atoms with van der Waals surface area (Å²) in [5, 5.41) is 0. The number of epoxide rings is 1. The molecule has 1 rings (SSSR count). The Bertz CT molecular complexity index is 237. The number of ether oxygens (including phenoxy) is 2. The minimum absolute atomic E-state index is 0.113. The van der Waals surface area contributed by atoms with Crippen molar-refractivity contribution in [3.05, 3.63) is 0 Å². The first-order chi connectivity index (χ1) is 7.85. The lowest BCUT2D eigenvalue weighted by Crippen LogP contribution is -2.32. The van der Waals surface area contributed by atoms with Gasteiger partial charge in [0.1, 0.15) is 0 Å². The van der Waals surface area contributed by atoms with Crippen molar-refractivity contribution in [1.29, 1.82) is 0 Å². The zero-order chi connectivity index (χ0) is 13.1. The third kappa shape index (κ3) is 3.96. The van der Waals surface area contributed by atoms with Gasteiger partial charge in [0.2, 0.25) is 0 Å². The van der Waals surface area contributed by atoms with Gasteiger partial charge < -0.3 is 9.47 Å². The van der Waals surface area contributed by atoms with E-state index in [9.17, 15) is 0 Å². The van der Waals surface area contributed by atoms with Crippen molar-refractivity contribution in [3.63, 3.8) is 0 Å². The van der Waals surface area contributed by atoms with Gasteiger partial charge in [-0.1, -0.05) is 33.6 Å². The van der Waals surface area contributed by atoms with Crippen LogP contribution in [0, 0.1) is 11.3 Å². The highest BCUT2D eigenvalue weighted by atomic mass is 16.6. The Morgan fingerprint density at radius 3 is 2.41 bits per heavy atom. The van der Waals surface area contributed by atoms with Gasteiger partial charge >= 0.3 is 0 Å². The van der Waals surface area contributed by atoms with E-state index in [1.165, 1.54) is 19.3 Å². The van der Waals surface area contributed by atoms with Crippen molar-refractivity contribution in [2.24, 2.45) is 11.3 Å². The summed E-state index contributed by atoms with van der Waals surface area (Å²) in [5.41, 5.74) is 0.409. The number of methoxy groups -OCH3 is 1. The Morgan fingerprint density at radius 1 is 1.41 bits per heavy atom. The van der Waals surface area contributed by atoms with Crippen LogP contribution in [0.2, 0.25) is 0 Å². The van der Waals surface area contributed by atoms with Crippen LogP contribution in [-0.2, 0) is 9.47 Å². The minimum atomic E-state index is 0.113. The van der Waals surface area contributed by atoms with Gasteiger partial charge in [-0.3, -0.25) is 0 Å². The van der Waals surface area contributed by atoms with E-state index in [1.807, 2.05) is 7.11 Å². The molecule has 1 aliphatic rings. The Kier molecular flexibility index (Phi) is 5.03. The smallest absolute Gasteiger partial charge is 0.0922 e. The van der Waals surface area contributed by atoms with Gasteiger partial charge in [0.15, 0.2) is 0 Å². The molecule has 0 radical (unpaired) electrons. The van der Waals surface area contributed by atoms with Crippen LogP contribution in [0.4, 0.5) is 0 Å². The van der Waals surface area contributed by atoms with E-state index >= 15 is 0 Å². The maximum absolute atomic E-state index is 5.73. The van der Waals surface area contributed by atoms with E-state index in [1.54, 1.807) is 0 Å². The Morgan fingerprint density at radius 2 is 2.00 bits per heavy atom. The number of rotatable bonds is 8. The van der Waals surface area contributed by atoms with Gasteiger partial charge in [-0.05, 0) is 38.0 Å². The second kappa shape index (κ2) is 5.71. The van der Waals surface area contributed by atoms with E-state index in [0.29, 0.717) is 17.4 Å². The lowest BCUT2D eigenvalue weighted by molar-refractivity contribution is 0.0528. The molecule has 1 saturated heterocycles. The summed E-state index contributed by atoms with van der Waals surface area (Å²) in [5.74, 6) is 0.640. The van der Waals surface area contributed by atoms with Crippen molar-refractivity contribution < 1.29 is 9.47 Å². The zero-order valence-electron chi connectivity index (χ0n) is 12.5. The summed E-state index contributed by atoms with van der Waals surface area (Å²) in [6.07, 6.45) is 5.39. The molecule has 0 aromatic heterocycles. The summed E-state index contributed by atoms with van der Waals surface area (Å²) in [7, 11) is 1.81. The average molecular weight is 242 g/mol. The molecule has 0 spiro atoms. The Hall–Kier alpha value is -0.0800. The maximum Gasteiger partial charge on any atom is 0.0922 e. The minimum Gasteiger partial charge on any atom is -0.384 e. The van der Waals surface area contributed by atoms with Crippen LogP contribution in [0.5, 0.6) is 0 Å². The molecule has 0 saturated carbocycles. The molecule has 2 unspecified atom stereocenters. The summed E-state index contributed by atoms with van der Waals surface area (Å²) < 4.78 is 11.1. The van der Waals surface area contributed by atoms with Crippen LogP contribution in [0.3, 0.4) is 0 Å². The van der Waals surface area contributed by atoms with Crippen molar-refractivity contribution in [2.45, 2.75) is 72.0 Å². The first kappa shape index (κ1) is 15.0.